The highest BCUT2D eigenvalue weighted by molar-refractivity contribution is 5.90. The fraction of sp³-hybridized carbons (Fsp3) is 0.154. The standard InChI is InChI=1S/C13H15N5O/c1-18(10-4-2-9(8-14)3-5-10)12-7-6-11(13(15)19)16-17-12/h2-7H,8,14H2,1H3,(H2,15,19). The lowest BCUT2D eigenvalue weighted by atomic mass is 10.2. The van der Waals surface area contributed by atoms with E-state index < -0.39 is 5.91 Å². The number of hydrogen-bond acceptors (Lipinski definition) is 5. The first-order valence-electron chi connectivity index (χ1n) is 5.78. The van der Waals surface area contributed by atoms with Gasteiger partial charge in [0.15, 0.2) is 11.5 Å². The van der Waals surface area contributed by atoms with Gasteiger partial charge in [0.1, 0.15) is 0 Å². The number of carbonyl (C=O) groups is 1. The molecule has 0 radical (unpaired) electrons. The van der Waals surface area contributed by atoms with Crippen LogP contribution in [0.3, 0.4) is 0 Å². The first-order valence-corrected chi connectivity index (χ1v) is 5.78. The third-order valence-corrected chi connectivity index (χ3v) is 2.81. The van der Waals surface area contributed by atoms with E-state index in [4.69, 9.17) is 11.5 Å². The average molecular weight is 257 g/mol. The predicted octanol–water partition coefficient (Wildman–Crippen LogP) is 0.802. The van der Waals surface area contributed by atoms with Crippen LogP contribution in [-0.4, -0.2) is 23.2 Å². The van der Waals surface area contributed by atoms with E-state index in [9.17, 15) is 4.79 Å². The Bertz CT molecular complexity index is 565. The second-order valence-electron chi connectivity index (χ2n) is 4.07. The number of benzene rings is 1. The van der Waals surface area contributed by atoms with Crippen molar-refractivity contribution >= 4 is 17.4 Å². The van der Waals surface area contributed by atoms with E-state index in [-0.39, 0.29) is 5.69 Å². The number of aromatic nitrogens is 2. The van der Waals surface area contributed by atoms with Gasteiger partial charge in [0.2, 0.25) is 0 Å². The molecule has 6 nitrogen and oxygen atoms in total. The zero-order valence-corrected chi connectivity index (χ0v) is 10.6. The summed E-state index contributed by atoms with van der Waals surface area (Å²) in [6, 6.07) is 11.1. The number of primary amides is 1. The summed E-state index contributed by atoms with van der Waals surface area (Å²) in [5.74, 6) is 0.0412. The molecule has 98 valence electrons. The molecule has 19 heavy (non-hydrogen) atoms. The molecular weight excluding hydrogens is 242 g/mol. The maximum Gasteiger partial charge on any atom is 0.269 e. The topological polar surface area (TPSA) is 98.1 Å². The molecule has 1 amide bonds. The van der Waals surface area contributed by atoms with E-state index in [1.807, 2.05) is 36.2 Å². The molecular formula is C13H15N5O. The fourth-order valence-electron chi connectivity index (χ4n) is 1.62. The molecule has 1 aromatic carbocycles. The van der Waals surface area contributed by atoms with Crippen molar-refractivity contribution in [3.63, 3.8) is 0 Å². The highest BCUT2D eigenvalue weighted by Crippen LogP contribution is 2.21. The Balaban J connectivity index is 2.22. The molecule has 6 heteroatoms. The van der Waals surface area contributed by atoms with Crippen molar-refractivity contribution < 1.29 is 4.79 Å². The molecule has 1 aromatic heterocycles. The number of nitrogens with two attached hydrogens (primary N) is 2. The van der Waals surface area contributed by atoms with Crippen LogP contribution in [0.1, 0.15) is 16.1 Å². The van der Waals surface area contributed by atoms with Crippen LogP contribution in [0.4, 0.5) is 11.5 Å². The van der Waals surface area contributed by atoms with Gasteiger partial charge in [-0.15, -0.1) is 10.2 Å². The van der Waals surface area contributed by atoms with Gasteiger partial charge in [-0.25, -0.2) is 0 Å². The Morgan fingerprint density at radius 3 is 2.32 bits per heavy atom. The molecule has 0 aliphatic rings. The molecule has 2 aromatic rings. The van der Waals surface area contributed by atoms with E-state index in [2.05, 4.69) is 10.2 Å². The van der Waals surface area contributed by atoms with Crippen LogP contribution in [0.15, 0.2) is 36.4 Å². The smallest absolute Gasteiger partial charge is 0.269 e. The minimum absolute atomic E-state index is 0.149. The van der Waals surface area contributed by atoms with E-state index >= 15 is 0 Å². The lowest BCUT2D eigenvalue weighted by molar-refractivity contribution is 0.0994. The molecule has 0 aliphatic heterocycles. The SMILES string of the molecule is CN(c1ccc(CN)cc1)c1ccc(C(N)=O)nn1. The van der Waals surface area contributed by atoms with E-state index in [0.29, 0.717) is 12.4 Å². The third-order valence-electron chi connectivity index (χ3n) is 2.81. The number of nitrogens with zero attached hydrogens (tertiary/aromatic N) is 3. The largest absolute Gasteiger partial charge is 0.364 e. The molecule has 0 spiro atoms. The van der Waals surface area contributed by atoms with Crippen molar-refractivity contribution in [3.8, 4) is 0 Å². The van der Waals surface area contributed by atoms with E-state index in [1.54, 1.807) is 12.1 Å². The molecule has 4 N–H and O–H groups in total. The molecule has 0 bridgehead atoms. The van der Waals surface area contributed by atoms with Gasteiger partial charge in [0, 0.05) is 19.3 Å². The van der Waals surface area contributed by atoms with Crippen LogP contribution in [0.5, 0.6) is 0 Å². The molecule has 2 rings (SSSR count). The second-order valence-corrected chi connectivity index (χ2v) is 4.07. The van der Waals surface area contributed by atoms with Gasteiger partial charge in [-0.05, 0) is 29.8 Å². The summed E-state index contributed by atoms with van der Waals surface area (Å²) in [7, 11) is 1.87. The molecule has 0 unspecified atom stereocenters. The third kappa shape index (κ3) is 2.86. The summed E-state index contributed by atoms with van der Waals surface area (Å²) < 4.78 is 0. The normalized spacial score (nSPS) is 10.2. The quantitative estimate of drug-likeness (QED) is 0.844. The highest BCUT2D eigenvalue weighted by Gasteiger charge is 2.08. The lowest BCUT2D eigenvalue weighted by Gasteiger charge is -2.17. The Kier molecular flexibility index (Phi) is 3.72. The summed E-state index contributed by atoms with van der Waals surface area (Å²) in [4.78, 5) is 12.8. The number of amides is 1. The monoisotopic (exact) mass is 257 g/mol. The van der Waals surface area contributed by atoms with Gasteiger partial charge < -0.3 is 16.4 Å². The van der Waals surface area contributed by atoms with Crippen molar-refractivity contribution in [1.82, 2.24) is 10.2 Å². The van der Waals surface area contributed by atoms with Crippen LogP contribution in [0.2, 0.25) is 0 Å². The highest BCUT2D eigenvalue weighted by atomic mass is 16.1. The lowest BCUT2D eigenvalue weighted by Crippen LogP contribution is -2.16. The molecule has 0 atom stereocenters. The zero-order chi connectivity index (χ0) is 13.8. The minimum atomic E-state index is -0.589. The number of rotatable bonds is 4. The first kappa shape index (κ1) is 13.0. The number of carbonyl (C=O) groups excluding carboxylic acids is 1. The Morgan fingerprint density at radius 2 is 1.84 bits per heavy atom. The average Bonchev–Trinajstić information content (AvgIpc) is 2.46. The van der Waals surface area contributed by atoms with Crippen LogP contribution < -0.4 is 16.4 Å². The fourth-order valence-corrected chi connectivity index (χ4v) is 1.62. The zero-order valence-electron chi connectivity index (χ0n) is 10.6. The van der Waals surface area contributed by atoms with Crippen LogP contribution in [0.25, 0.3) is 0 Å². The molecule has 0 saturated carbocycles. The number of hydrogen-bond donors (Lipinski definition) is 2. The molecule has 0 fully saturated rings. The van der Waals surface area contributed by atoms with Gasteiger partial charge in [-0.2, -0.15) is 0 Å². The van der Waals surface area contributed by atoms with Gasteiger partial charge in [0.25, 0.3) is 5.91 Å². The van der Waals surface area contributed by atoms with E-state index in [0.717, 1.165) is 11.3 Å². The van der Waals surface area contributed by atoms with Crippen molar-refractivity contribution in [2.75, 3.05) is 11.9 Å². The first-order chi connectivity index (χ1) is 9.11. The summed E-state index contributed by atoms with van der Waals surface area (Å²) in [6.07, 6.45) is 0. The van der Waals surface area contributed by atoms with E-state index in [1.165, 1.54) is 0 Å². The van der Waals surface area contributed by atoms with Crippen LogP contribution in [0, 0.1) is 0 Å². The molecule has 0 saturated heterocycles. The van der Waals surface area contributed by atoms with Gasteiger partial charge >= 0.3 is 0 Å². The van der Waals surface area contributed by atoms with Gasteiger partial charge in [-0.3, -0.25) is 4.79 Å². The van der Waals surface area contributed by atoms with Gasteiger partial charge in [-0.1, -0.05) is 12.1 Å². The van der Waals surface area contributed by atoms with Gasteiger partial charge in [0.05, 0.1) is 0 Å². The predicted molar refractivity (Wildman–Crippen MR) is 72.9 cm³/mol. The Hall–Kier alpha value is -2.47. The van der Waals surface area contributed by atoms with Crippen molar-refractivity contribution in [2.24, 2.45) is 11.5 Å². The summed E-state index contributed by atoms with van der Waals surface area (Å²) in [5, 5.41) is 7.74. The van der Waals surface area contributed by atoms with Crippen LogP contribution >= 0.6 is 0 Å². The second kappa shape index (κ2) is 5.45. The van der Waals surface area contributed by atoms with Crippen molar-refractivity contribution in [2.45, 2.75) is 6.54 Å². The maximum absolute atomic E-state index is 10.9. The van der Waals surface area contributed by atoms with Crippen molar-refractivity contribution in [1.29, 1.82) is 0 Å². The summed E-state index contributed by atoms with van der Waals surface area (Å²) in [5.41, 5.74) is 12.8. The minimum Gasteiger partial charge on any atom is -0.364 e. The Morgan fingerprint density at radius 1 is 1.16 bits per heavy atom. The Labute approximate surface area is 111 Å². The summed E-state index contributed by atoms with van der Waals surface area (Å²) >= 11 is 0. The molecule has 0 aliphatic carbocycles. The molecule has 1 heterocycles. The summed E-state index contributed by atoms with van der Waals surface area (Å²) in [6.45, 7) is 0.511. The van der Waals surface area contributed by atoms with Crippen LogP contribution in [-0.2, 0) is 6.54 Å². The number of anilines is 2. The maximum atomic E-state index is 10.9. The van der Waals surface area contributed by atoms with Crippen molar-refractivity contribution in [3.05, 3.63) is 47.7 Å².